The number of imidazole rings is 1. The quantitative estimate of drug-likeness (QED) is 0.299. The van der Waals surface area contributed by atoms with Crippen LogP contribution in [0.3, 0.4) is 0 Å². The van der Waals surface area contributed by atoms with Crippen molar-refractivity contribution >= 4 is 28.6 Å². The van der Waals surface area contributed by atoms with E-state index in [9.17, 15) is 0 Å². The second-order valence-corrected chi connectivity index (χ2v) is 7.71. The van der Waals surface area contributed by atoms with Gasteiger partial charge in [-0.05, 0) is 65.2 Å². The van der Waals surface area contributed by atoms with Gasteiger partial charge in [0.25, 0.3) is 0 Å². The van der Waals surface area contributed by atoms with Gasteiger partial charge < -0.3 is 15.0 Å². The Balaban J connectivity index is 1.21. The number of hydrogen-bond donors (Lipinski definition) is 3. The van der Waals surface area contributed by atoms with Crippen LogP contribution < -0.4 is 10.1 Å². The van der Waals surface area contributed by atoms with E-state index < -0.39 is 0 Å². The van der Waals surface area contributed by atoms with Crippen LogP contribution in [0.1, 0.15) is 16.7 Å². The second kappa shape index (κ2) is 8.53. The van der Waals surface area contributed by atoms with Gasteiger partial charge in [-0.1, -0.05) is 29.8 Å². The van der Waals surface area contributed by atoms with Gasteiger partial charge >= 0.3 is 0 Å². The zero-order chi connectivity index (χ0) is 21.0. The number of benzene rings is 3. The molecule has 0 aliphatic carbocycles. The molecule has 0 fully saturated rings. The molecule has 0 aliphatic rings. The first-order valence-electron chi connectivity index (χ1n) is 9.94. The monoisotopic (exact) mass is 429 g/mol. The van der Waals surface area contributed by atoms with E-state index in [1.807, 2.05) is 67.0 Å². The van der Waals surface area contributed by atoms with Crippen LogP contribution in [0, 0.1) is 0 Å². The zero-order valence-electron chi connectivity index (χ0n) is 16.6. The van der Waals surface area contributed by atoms with Crippen molar-refractivity contribution in [2.75, 3.05) is 5.32 Å². The van der Waals surface area contributed by atoms with Gasteiger partial charge in [-0.15, -0.1) is 0 Å². The predicted molar refractivity (Wildman–Crippen MR) is 123 cm³/mol. The first-order chi connectivity index (χ1) is 15.2. The number of H-pyrrole nitrogens is 2. The van der Waals surface area contributed by atoms with Gasteiger partial charge in [-0.3, -0.25) is 5.10 Å². The molecular formula is C24H20ClN5O. The number of ether oxygens (including phenoxy) is 1. The van der Waals surface area contributed by atoms with Crippen LogP contribution in [-0.2, 0) is 13.0 Å². The molecule has 31 heavy (non-hydrogen) atoms. The highest BCUT2D eigenvalue weighted by Gasteiger charge is 2.05. The predicted octanol–water partition coefficient (Wildman–Crippen LogP) is 5.93. The summed E-state index contributed by atoms with van der Waals surface area (Å²) >= 11 is 5.91. The van der Waals surface area contributed by atoms with Crippen molar-refractivity contribution in [3.63, 3.8) is 0 Å². The molecule has 0 unspecified atom stereocenters. The molecule has 7 heteroatoms. The van der Waals surface area contributed by atoms with E-state index in [2.05, 4.69) is 37.6 Å². The molecule has 3 N–H and O–H groups in total. The smallest absolute Gasteiger partial charge is 0.201 e. The number of aromatic nitrogens is 4. The van der Waals surface area contributed by atoms with Crippen LogP contribution in [0.4, 0.5) is 5.95 Å². The lowest BCUT2D eigenvalue weighted by molar-refractivity contribution is 0.482. The third-order valence-electron chi connectivity index (χ3n) is 4.94. The Kier molecular flexibility index (Phi) is 5.29. The van der Waals surface area contributed by atoms with Crippen molar-refractivity contribution in [2.45, 2.75) is 13.0 Å². The summed E-state index contributed by atoms with van der Waals surface area (Å²) in [4.78, 5) is 7.98. The fourth-order valence-corrected chi connectivity index (χ4v) is 3.49. The summed E-state index contributed by atoms with van der Waals surface area (Å²) in [6.45, 7) is 0.656. The molecule has 0 aliphatic heterocycles. The van der Waals surface area contributed by atoms with Crippen LogP contribution in [0.5, 0.6) is 11.5 Å². The summed E-state index contributed by atoms with van der Waals surface area (Å²) in [5.74, 6) is 2.28. The first-order valence-corrected chi connectivity index (χ1v) is 10.3. The minimum atomic E-state index is 0.656. The Morgan fingerprint density at radius 2 is 1.61 bits per heavy atom. The molecule has 3 aromatic carbocycles. The van der Waals surface area contributed by atoms with Crippen molar-refractivity contribution in [3.05, 3.63) is 101 Å². The van der Waals surface area contributed by atoms with Crippen LogP contribution in [0.15, 0.2) is 79.1 Å². The van der Waals surface area contributed by atoms with Crippen LogP contribution in [0.2, 0.25) is 5.02 Å². The summed E-state index contributed by atoms with van der Waals surface area (Å²) < 4.78 is 5.84. The maximum Gasteiger partial charge on any atom is 0.201 e. The molecule has 5 aromatic rings. The van der Waals surface area contributed by atoms with Gasteiger partial charge in [0.1, 0.15) is 11.5 Å². The lowest BCUT2D eigenvalue weighted by Gasteiger charge is -2.07. The molecule has 0 amide bonds. The first kappa shape index (κ1) is 19.2. The summed E-state index contributed by atoms with van der Waals surface area (Å²) in [5, 5.41) is 10.9. The van der Waals surface area contributed by atoms with Gasteiger partial charge in [0.15, 0.2) is 0 Å². The highest BCUT2D eigenvalue weighted by molar-refractivity contribution is 6.30. The molecule has 0 radical (unpaired) electrons. The zero-order valence-corrected chi connectivity index (χ0v) is 17.4. The number of hydrogen-bond acceptors (Lipinski definition) is 4. The molecule has 0 atom stereocenters. The Bertz CT molecular complexity index is 1280. The maximum atomic E-state index is 5.91. The Labute approximate surface area is 184 Å². The van der Waals surface area contributed by atoms with Crippen molar-refractivity contribution in [1.82, 2.24) is 20.2 Å². The standard InChI is InChI=1S/C24H20ClN5O/c25-19-4-8-21(9-5-19)31-20-6-1-16(2-7-20)13-26-24-29-22-10-3-17(12-23(22)30-24)11-18-14-27-28-15-18/h1-10,12,14-15H,11,13H2,(H,27,28)(H2,26,29,30). The molecule has 2 aromatic heterocycles. The molecule has 5 rings (SSSR count). The highest BCUT2D eigenvalue weighted by atomic mass is 35.5. The Hall–Kier alpha value is -3.77. The number of halogens is 1. The molecule has 0 bridgehead atoms. The number of nitrogens with one attached hydrogen (secondary N) is 3. The second-order valence-electron chi connectivity index (χ2n) is 7.27. The molecule has 6 nitrogen and oxygen atoms in total. The van der Waals surface area contributed by atoms with E-state index in [0.29, 0.717) is 11.6 Å². The lowest BCUT2D eigenvalue weighted by Crippen LogP contribution is -2.00. The molecule has 2 heterocycles. The fourth-order valence-electron chi connectivity index (χ4n) is 3.36. The van der Waals surface area contributed by atoms with Gasteiger partial charge in [-0.2, -0.15) is 5.10 Å². The maximum absolute atomic E-state index is 5.91. The van der Waals surface area contributed by atoms with Gasteiger partial charge in [0.2, 0.25) is 5.95 Å². The normalized spacial score (nSPS) is 11.0. The minimum absolute atomic E-state index is 0.656. The molecule has 0 saturated heterocycles. The molecule has 154 valence electrons. The number of rotatable bonds is 7. The van der Waals surface area contributed by atoms with E-state index in [-0.39, 0.29) is 0 Å². The molecule has 0 spiro atoms. The third kappa shape index (κ3) is 4.70. The highest BCUT2D eigenvalue weighted by Crippen LogP contribution is 2.24. The summed E-state index contributed by atoms with van der Waals surface area (Å²) in [6, 6.07) is 21.5. The topological polar surface area (TPSA) is 78.6 Å². The van der Waals surface area contributed by atoms with Crippen molar-refractivity contribution in [1.29, 1.82) is 0 Å². The SMILES string of the molecule is Clc1ccc(Oc2ccc(CNc3nc4ccc(Cc5cn[nH]c5)cc4[nH]3)cc2)cc1. The van der Waals surface area contributed by atoms with E-state index in [1.54, 1.807) is 0 Å². The summed E-state index contributed by atoms with van der Waals surface area (Å²) in [6.07, 6.45) is 4.59. The van der Waals surface area contributed by atoms with Crippen molar-refractivity contribution < 1.29 is 4.74 Å². The molecule has 0 saturated carbocycles. The van der Waals surface area contributed by atoms with Gasteiger partial charge in [-0.25, -0.2) is 4.98 Å². The fraction of sp³-hybridized carbons (Fsp3) is 0.0833. The summed E-state index contributed by atoms with van der Waals surface area (Å²) in [5.41, 5.74) is 5.44. The van der Waals surface area contributed by atoms with E-state index in [1.165, 1.54) is 5.56 Å². The number of nitrogens with zero attached hydrogens (tertiary/aromatic N) is 2. The van der Waals surface area contributed by atoms with E-state index >= 15 is 0 Å². The van der Waals surface area contributed by atoms with Crippen LogP contribution in [0.25, 0.3) is 11.0 Å². The van der Waals surface area contributed by atoms with Crippen molar-refractivity contribution in [2.24, 2.45) is 0 Å². The van der Waals surface area contributed by atoms with E-state index in [0.717, 1.165) is 46.0 Å². The number of anilines is 1. The average molecular weight is 430 g/mol. The van der Waals surface area contributed by atoms with Crippen molar-refractivity contribution in [3.8, 4) is 11.5 Å². The summed E-state index contributed by atoms with van der Waals surface area (Å²) in [7, 11) is 0. The van der Waals surface area contributed by atoms with E-state index in [4.69, 9.17) is 16.3 Å². The van der Waals surface area contributed by atoms with Crippen LogP contribution >= 0.6 is 11.6 Å². The van der Waals surface area contributed by atoms with Gasteiger partial charge in [0.05, 0.1) is 17.2 Å². The third-order valence-corrected chi connectivity index (χ3v) is 5.19. The average Bonchev–Trinajstić information content (AvgIpc) is 3.44. The lowest BCUT2D eigenvalue weighted by atomic mass is 10.1. The Morgan fingerprint density at radius 1 is 0.871 bits per heavy atom. The largest absolute Gasteiger partial charge is 0.457 e. The number of aromatic amines is 2. The Morgan fingerprint density at radius 3 is 2.35 bits per heavy atom. The van der Waals surface area contributed by atoms with Gasteiger partial charge in [0, 0.05) is 24.2 Å². The number of fused-ring (bicyclic) bond motifs is 1. The molecular weight excluding hydrogens is 410 g/mol. The minimum Gasteiger partial charge on any atom is -0.457 e. The van der Waals surface area contributed by atoms with Crippen LogP contribution in [-0.4, -0.2) is 20.2 Å².